The molecule has 3 heteroatoms. The summed E-state index contributed by atoms with van der Waals surface area (Å²) in [6, 6.07) is 0.870. The number of piperidine rings is 1. The van der Waals surface area contributed by atoms with Crippen LogP contribution in [0.3, 0.4) is 0 Å². The summed E-state index contributed by atoms with van der Waals surface area (Å²) in [4.78, 5) is 10.9. The van der Waals surface area contributed by atoms with Gasteiger partial charge >= 0.3 is 0 Å². The zero-order valence-corrected chi connectivity index (χ0v) is 7.18. The predicted octanol–water partition coefficient (Wildman–Crippen LogP) is 0.263. The van der Waals surface area contributed by atoms with Gasteiger partial charge in [-0.25, -0.2) is 0 Å². The average molecular weight is 156 g/mol. The molecule has 0 radical (unpaired) electrons. The molecule has 1 aliphatic heterocycles. The lowest BCUT2D eigenvalue weighted by Gasteiger charge is -2.24. The van der Waals surface area contributed by atoms with Gasteiger partial charge in [0.15, 0.2) is 0 Å². The van der Waals surface area contributed by atoms with Crippen molar-refractivity contribution in [1.29, 1.82) is 0 Å². The van der Waals surface area contributed by atoms with Crippen LogP contribution < -0.4 is 10.6 Å². The van der Waals surface area contributed by atoms with Gasteiger partial charge in [0.05, 0.1) is 0 Å². The number of amides is 1. The lowest BCUT2D eigenvalue weighted by atomic mass is 10.1. The van der Waals surface area contributed by atoms with Crippen LogP contribution in [0.15, 0.2) is 0 Å². The first-order valence-electron chi connectivity index (χ1n) is 4.21. The molecule has 0 aromatic heterocycles. The number of nitrogens with one attached hydrogen (secondary N) is 2. The van der Waals surface area contributed by atoms with Crippen molar-refractivity contribution >= 4 is 5.91 Å². The zero-order chi connectivity index (χ0) is 8.27. The number of carbonyl (C=O) groups excluding carboxylic acids is 1. The van der Waals surface area contributed by atoms with Crippen LogP contribution in [0, 0.1) is 0 Å². The molecule has 1 rings (SSSR count). The molecule has 0 spiro atoms. The van der Waals surface area contributed by atoms with Crippen molar-refractivity contribution in [3.8, 4) is 0 Å². The van der Waals surface area contributed by atoms with Gasteiger partial charge in [0.1, 0.15) is 0 Å². The highest BCUT2D eigenvalue weighted by molar-refractivity contribution is 5.77. The van der Waals surface area contributed by atoms with Crippen molar-refractivity contribution in [2.75, 3.05) is 6.54 Å². The lowest BCUT2D eigenvalue weighted by Crippen LogP contribution is -2.45. The molecule has 0 unspecified atom stereocenters. The Morgan fingerprint density at radius 1 is 1.64 bits per heavy atom. The van der Waals surface area contributed by atoms with Gasteiger partial charge in [-0.2, -0.15) is 0 Å². The molecule has 1 saturated heterocycles. The summed E-state index contributed by atoms with van der Waals surface area (Å²) in [5.41, 5.74) is 0. The molecule has 64 valence electrons. The minimum Gasteiger partial charge on any atom is -0.356 e. The Bertz CT molecular complexity index is 145. The van der Waals surface area contributed by atoms with E-state index in [1.165, 1.54) is 0 Å². The van der Waals surface area contributed by atoms with Crippen molar-refractivity contribution < 1.29 is 4.79 Å². The summed E-state index contributed by atoms with van der Waals surface area (Å²) in [6.07, 6.45) is 1.70. The van der Waals surface area contributed by atoms with Gasteiger partial charge < -0.3 is 10.6 Å². The van der Waals surface area contributed by atoms with E-state index in [4.69, 9.17) is 0 Å². The summed E-state index contributed by atoms with van der Waals surface area (Å²) in [6.45, 7) is 5.03. The molecule has 11 heavy (non-hydrogen) atoms. The first kappa shape index (κ1) is 8.53. The molecule has 0 aromatic rings. The number of carbonyl (C=O) groups is 1. The van der Waals surface area contributed by atoms with Gasteiger partial charge in [-0.1, -0.05) is 13.8 Å². The van der Waals surface area contributed by atoms with E-state index < -0.39 is 0 Å². The Labute approximate surface area is 67.5 Å². The van der Waals surface area contributed by atoms with Crippen molar-refractivity contribution in [1.82, 2.24) is 10.6 Å². The molecule has 3 nitrogen and oxygen atoms in total. The molecule has 2 N–H and O–H groups in total. The van der Waals surface area contributed by atoms with Gasteiger partial charge in [0.2, 0.25) is 5.91 Å². The third kappa shape index (κ3) is 2.89. The minimum atomic E-state index is 0.175. The normalized spacial score (nSPS) is 25.4. The quantitative estimate of drug-likeness (QED) is 0.602. The Morgan fingerprint density at radius 3 is 2.91 bits per heavy atom. The molecule has 0 aliphatic carbocycles. The Balaban J connectivity index is 2.28. The van der Waals surface area contributed by atoms with Crippen LogP contribution in [0.2, 0.25) is 0 Å². The maximum atomic E-state index is 10.9. The fourth-order valence-corrected chi connectivity index (χ4v) is 1.40. The lowest BCUT2D eigenvalue weighted by molar-refractivity contribution is -0.122. The maximum absolute atomic E-state index is 10.9. The van der Waals surface area contributed by atoms with E-state index >= 15 is 0 Å². The van der Waals surface area contributed by atoms with Gasteiger partial charge in [0.25, 0.3) is 0 Å². The molecular formula is C8H16N2O. The first-order chi connectivity index (χ1) is 5.18. The van der Waals surface area contributed by atoms with E-state index in [0.29, 0.717) is 18.5 Å². The Morgan fingerprint density at radius 2 is 2.36 bits per heavy atom. The smallest absolute Gasteiger partial charge is 0.221 e. The van der Waals surface area contributed by atoms with Gasteiger partial charge in [-0.05, 0) is 6.42 Å². The second-order valence-corrected chi connectivity index (χ2v) is 3.36. The fraction of sp³-hybridized carbons (Fsp3) is 0.875. The van der Waals surface area contributed by atoms with Crippen molar-refractivity contribution in [2.24, 2.45) is 0 Å². The van der Waals surface area contributed by atoms with Gasteiger partial charge in [0, 0.05) is 25.0 Å². The summed E-state index contributed by atoms with van der Waals surface area (Å²) in [7, 11) is 0. The van der Waals surface area contributed by atoms with Gasteiger partial charge in [-0.3, -0.25) is 4.79 Å². The molecule has 1 atom stereocenters. The topological polar surface area (TPSA) is 41.1 Å². The molecule has 0 aromatic carbocycles. The highest BCUT2D eigenvalue weighted by Crippen LogP contribution is 2.03. The largest absolute Gasteiger partial charge is 0.356 e. The molecule has 1 aliphatic rings. The highest BCUT2D eigenvalue weighted by Gasteiger charge is 2.18. The highest BCUT2D eigenvalue weighted by atomic mass is 16.1. The fourth-order valence-electron chi connectivity index (χ4n) is 1.40. The maximum Gasteiger partial charge on any atom is 0.221 e. The van der Waals surface area contributed by atoms with Gasteiger partial charge in [-0.15, -0.1) is 0 Å². The molecule has 0 saturated carbocycles. The van der Waals surface area contributed by atoms with Crippen LogP contribution in [-0.4, -0.2) is 24.5 Å². The van der Waals surface area contributed by atoms with Crippen molar-refractivity contribution in [2.45, 2.75) is 38.8 Å². The molecule has 1 fully saturated rings. The molecular weight excluding hydrogens is 140 g/mol. The second-order valence-electron chi connectivity index (χ2n) is 3.36. The SMILES string of the molecule is CC(C)N[C@@H]1CCNC(=O)C1. The summed E-state index contributed by atoms with van der Waals surface area (Å²) < 4.78 is 0. The minimum absolute atomic E-state index is 0.175. The number of hydrogen-bond donors (Lipinski definition) is 2. The van der Waals surface area contributed by atoms with Crippen LogP contribution in [0.5, 0.6) is 0 Å². The van der Waals surface area contributed by atoms with E-state index in [-0.39, 0.29) is 5.91 Å². The number of hydrogen-bond acceptors (Lipinski definition) is 2. The van der Waals surface area contributed by atoms with Crippen molar-refractivity contribution in [3.05, 3.63) is 0 Å². The Hall–Kier alpha value is -0.570. The van der Waals surface area contributed by atoms with E-state index in [9.17, 15) is 4.79 Å². The Kier molecular flexibility index (Phi) is 2.88. The molecule has 0 bridgehead atoms. The molecule has 1 heterocycles. The van der Waals surface area contributed by atoms with Crippen LogP contribution in [0.25, 0.3) is 0 Å². The number of rotatable bonds is 2. The zero-order valence-electron chi connectivity index (χ0n) is 7.18. The van der Waals surface area contributed by atoms with E-state index in [1.54, 1.807) is 0 Å². The predicted molar refractivity (Wildman–Crippen MR) is 44.3 cm³/mol. The first-order valence-corrected chi connectivity index (χ1v) is 4.21. The third-order valence-electron chi connectivity index (χ3n) is 1.82. The van der Waals surface area contributed by atoms with E-state index in [0.717, 1.165) is 13.0 Å². The van der Waals surface area contributed by atoms with Crippen LogP contribution in [0.4, 0.5) is 0 Å². The van der Waals surface area contributed by atoms with Crippen LogP contribution in [-0.2, 0) is 4.79 Å². The second kappa shape index (κ2) is 3.72. The molecule has 1 amide bonds. The van der Waals surface area contributed by atoms with Crippen LogP contribution >= 0.6 is 0 Å². The third-order valence-corrected chi connectivity index (χ3v) is 1.82. The standard InChI is InChI=1S/C8H16N2O/c1-6(2)10-7-3-4-9-8(11)5-7/h6-7,10H,3-5H2,1-2H3,(H,9,11)/t7-/m1/s1. The van der Waals surface area contributed by atoms with Crippen molar-refractivity contribution in [3.63, 3.8) is 0 Å². The summed E-state index contributed by atoms with van der Waals surface area (Å²) >= 11 is 0. The monoisotopic (exact) mass is 156 g/mol. The van der Waals surface area contributed by atoms with E-state index in [1.807, 2.05) is 0 Å². The summed E-state index contributed by atoms with van der Waals surface area (Å²) in [5, 5.41) is 6.16. The average Bonchev–Trinajstić information content (AvgIpc) is 1.85. The summed E-state index contributed by atoms with van der Waals surface area (Å²) in [5.74, 6) is 0.175. The van der Waals surface area contributed by atoms with E-state index in [2.05, 4.69) is 24.5 Å². The van der Waals surface area contributed by atoms with Crippen LogP contribution in [0.1, 0.15) is 26.7 Å².